The van der Waals surface area contributed by atoms with Crippen LogP contribution in [0.5, 0.6) is 0 Å². The van der Waals surface area contributed by atoms with Crippen LogP contribution in [0.1, 0.15) is 0 Å². The van der Waals surface area contributed by atoms with Crippen LogP contribution < -0.4 is 10.2 Å². The van der Waals surface area contributed by atoms with Gasteiger partial charge in [0.15, 0.2) is 0 Å². The zero-order valence-electron chi connectivity index (χ0n) is 22.6. The fourth-order valence-corrected chi connectivity index (χ4v) is 5.55. The SMILES string of the molecule is O=C(CSc1nnc(-c2cccnc2N2CCOCC2)o1)Nc1nc(-c2ccc(Cl)cc2)cc(-c2cc(F)c(Cl)cc2Cl)n1. The number of aromatic nitrogens is 5. The second kappa shape index (κ2) is 13.4. The number of hydrogen-bond donors (Lipinski definition) is 1. The Balaban J connectivity index is 1.20. The van der Waals surface area contributed by atoms with E-state index in [0.717, 1.165) is 17.6 Å². The number of ether oxygens (including phenoxy) is 1. The molecule has 1 fully saturated rings. The number of benzene rings is 2. The highest BCUT2D eigenvalue weighted by molar-refractivity contribution is 7.99. The average Bonchev–Trinajstić information content (AvgIpc) is 3.51. The molecular formula is C29H21Cl3FN7O3S. The van der Waals surface area contributed by atoms with Crippen molar-refractivity contribution in [3.05, 3.63) is 81.7 Å². The lowest BCUT2D eigenvalue weighted by Crippen LogP contribution is -2.37. The van der Waals surface area contributed by atoms with Crippen molar-refractivity contribution in [3.8, 4) is 34.0 Å². The van der Waals surface area contributed by atoms with Gasteiger partial charge in [-0.15, -0.1) is 10.2 Å². The normalized spacial score (nSPS) is 13.2. The van der Waals surface area contributed by atoms with Gasteiger partial charge in [-0.1, -0.05) is 58.7 Å². The van der Waals surface area contributed by atoms with Crippen LogP contribution in [0.2, 0.25) is 15.1 Å². The second-order valence-corrected chi connectivity index (χ2v) is 11.6. The van der Waals surface area contributed by atoms with E-state index < -0.39 is 11.7 Å². The molecule has 0 bridgehead atoms. The molecule has 0 atom stereocenters. The summed E-state index contributed by atoms with van der Waals surface area (Å²) < 4.78 is 25.7. The lowest BCUT2D eigenvalue weighted by Gasteiger charge is -2.28. The molecule has 0 unspecified atom stereocenters. The van der Waals surface area contributed by atoms with Gasteiger partial charge in [0.1, 0.15) is 11.6 Å². The summed E-state index contributed by atoms with van der Waals surface area (Å²) in [5.74, 6) is -0.173. The summed E-state index contributed by atoms with van der Waals surface area (Å²) in [7, 11) is 0. The number of halogens is 4. The molecule has 10 nitrogen and oxygen atoms in total. The minimum absolute atomic E-state index is 0.0128. The summed E-state index contributed by atoms with van der Waals surface area (Å²) in [5.41, 5.74) is 2.40. The maximum atomic E-state index is 14.4. The molecular weight excluding hydrogens is 652 g/mol. The van der Waals surface area contributed by atoms with E-state index in [1.54, 1.807) is 42.6 Å². The Bertz CT molecular complexity index is 1820. The Hall–Kier alpha value is -3.81. The summed E-state index contributed by atoms with van der Waals surface area (Å²) in [4.78, 5) is 28.5. The highest BCUT2D eigenvalue weighted by atomic mass is 35.5. The molecule has 3 aromatic heterocycles. The van der Waals surface area contributed by atoms with Gasteiger partial charge in [0.2, 0.25) is 11.9 Å². The van der Waals surface area contributed by atoms with Gasteiger partial charge in [-0.05, 0) is 42.5 Å². The summed E-state index contributed by atoms with van der Waals surface area (Å²) >= 11 is 19.4. The second-order valence-electron chi connectivity index (χ2n) is 9.40. The van der Waals surface area contributed by atoms with Crippen molar-refractivity contribution in [2.24, 2.45) is 0 Å². The van der Waals surface area contributed by atoms with Crippen molar-refractivity contribution in [2.45, 2.75) is 5.22 Å². The van der Waals surface area contributed by atoms with Gasteiger partial charge in [-0.25, -0.2) is 19.3 Å². The Kier molecular flexibility index (Phi) is 9.24. The largest absolute Gasteiger partial charge is 0.411 e. The third-order valence-electron chi connectivity index (χ3n) is 6.46. The van der Waals surface area contributed by atoms with Crippen LogP contribution in [0.25, 0.3) is 34.0 Å². The molecule has 5 aromatic rings. The molecule has 15 heteroatoms. The van der Waals surface area contributed by atoms with E-state index in [4.69, 9.17) is 44.0 Å². The number of nitrogens with one attached hydrogen (secondary N) is 1. The summed E-state index contributed by atoms with van der Waals surface area (Å²) in [6.07, 6.45) is 1.71. The molecule has 6 rings (SSSR count). The van der Waals surface area contributed by atoms with Crippen LogP contribution in [0.15, 0.2) is 70.4 Å². The Morgan fingerprint density at radius 1 is 0.955 bits per heavy atom. The molecule has 4 heterocycles. The predicted molar refractivity (Wildman–Crippen MR) is 168 cm³/mol. The lowest BCUT2D eigenvalue weighted by atomic mass is 10.1. The Morgan fingerprint density at radius 2 is 1.73 bits per heavy atom. The highest BCUT2D eigenvalue weighted by Crippen LogP contribution is 2.34. The molecule has 1 aliphatic heterocycles. The monoisotopic (exact) mass is 671 g/mol. The molecule has 2 aromatic carbocycles. The number of hydrogen-bond acceptors (Lipinski definition) is 10. The predicted octanol–water partition coefficient (Wildman–Crippen LogP) is 6.92. The van der Waals surface area contributed by atoms with Crippen molar-refractivity contribution in [1.82, 2.24) is 25.1 Å². The Morgan fingerprint density at radius 3 is 2.52 bits per heavy atom. The third kappa shape index (κ3) is 6.95. The third-order valence-corrected chi connectivity index (χ3v) is 8.14. The van der Waals surface area contributed by atoms with Crippen LogP contribution in [-0.2, 0) is 9.53 Å². The molecule has 1 aliphatic rings. The number of pyridine rings is 1. The number of anilines is 2. The molecule has 0 saturated carbocycles. The molecule has 0 radical (unpaired) electrons. The lowest BCUT2D eigenvalue weighted by molar-refractivity contribution is -0.113. The van der Waals surface area contributed by atoms with Crippen LogP contribution in [0.3, 0.4) is 0 Å². The standard InChI is InChI=1S/C29H21Cl3FN7O3S/c30-17-5-3-16(4-6-17)23-14-24(19-12-22(33)21(32)13-20(19)31)36-28(35-23)37-25(41)15-44-29-39-38-27(43-29)18-2-1-7-34-26(18)40-8-10-42-11-9-40/h1-7,12-14H,8-11,15H2,(H,35,36,37,41). The maximum Gasteiger partial charge on any atom is 0.277 e. The smallest absolute Gasteiger partial charge is 0.277 e. The van der Waals surface area contributed by atoms with E-state index in [-0.39, 0.29) is 38.2 Å². The van der Waals surface area contributed by atoms with Gasteiger partial charge < -0.3 is 14.1 Å². The molecule has 0 aliphatic carbocycles. The van der Waals surface area contributed by atoms with Crippen LogP contribution >= 0.6 is 46.6 Å². The molecule has 44 heavy (non-hydrogen) atoms. The number of carbonyl (C=O) groups is 1. The molecule has 1 amide bonds. The van der Waals surface area contributed by atoms with Crippen LogP contribution in [0.4, 0.5) is 16.2 Å². The first-order valence-electron chi connectivity index (χ1n) is 13.2. The van der Waals surface area contributed by atoms with Gasteiger partial charge in [-0.2, -0.15) is 0 Å². The van der Waals surface area contributed by atoms with Crippen molar-refractivity contribution in [2.75, 3.05) is 42.3 Å². The van der Waals surface area contributed by atoms with Gasteiger partial charge >= 0.3 is 0 Å². The fraction of sp³-hybridized carbons (Fsp3) is 0.172. The van der Waals surface area contributed by atoms with Gasteiger partial charge in [0, 0.05) is 35.4 Å². The number of rotatable bonds is 8. The van der Waals surface area contributed by atoms with Gasteiger partial charge in [0.25, 0.3) is 11.1 Å². The molecule has 1 N–H and O–H groups in total. The minimum atomic E-state index is -0.665. The van der Waals surface area contributed by atoms with E-state index >= 15 is 0 Å². The van der Waals surface area contributed by atoms with E-state index in [9.17, 15) is 9.18 Å². The molecule has 1 saturated heterocycles. The first-order chi connectivity index (χ1) is 21.3. The van der Waals surface area contributed by atoms with Crippen molar-refractivity contribution in [1.29, 1.82) is 0 Å². The number of amides is 1. The van der Waals surface area contributed by atoms with Crippen molar-refractivity contribution >= 4 is 64.2 Å². The van der Waals surface area contributed by atoms with E-state index in [1.807, 2.05) is 6.07 Å². The quantitative estimate of drug-likeness (QED) is 0.137. The number of nitrogens with zero attached hydrogens (tertiary/aromatic N) is 6. The minimum Gasteiger partial charge on any atom is -0.411 e. The first-order valence-corrected chi connectivity index (χ1v) is 15.3. The summed E-state index contributed by atoms with van der Waals surface area (Å²) in [5, 5.41) is 11.8. The van der Waals surface area contributed by atoms with E-state index in [2.05, 4.69) is 35.4 Å². The number of carbonyl (C=O) groups excluding carboxylic acids is 1. The van der Waals surface area contributed by atoms with E-state index in [1.165, 1.54) is 12.1 Å². The molecule has 224 valence electrons. The Labute approximate surface area is 269 Å². The number of morpholine rings is 1. The molecule has 0 spiro atoms. The fourth-order valence-electron chi connectivity index (χ4n) is 4.38. The average molecular weight is 673 g/mol. The zero-order chi connectivity index (χ0) is 30.6. The maximum absolute atomic E-state index is 14.4. The van der Waals surface area contributed by atoms with Crippen molar-refractivity contribution < 1.29 is 18.3 Å². The topological polar surface area (TPSA) is 119 Å². The van der Waals surface area contributed by atoms with Crippen LogP contribution in [0, 0.1) is 5.82 Å². The van der Waals surface area contributed by atoms with E-state index in [0.29, 0.717) is 54.0 Å². The number of thioether (sulfide) groups is 1. The first kappa shape index (κ1) is 30.2. The van der Waals surface area contributed by atoms with Crippen molar-refractivity contribution in [3.63, 3.8) is 0 Å². The van der Waals surface area contributed by atoms with Gasteiger partial charge in [-0.3, -0.25) is 10.1 Å². The zero-order valence-corrected chi connectivity index (χ0v) is 25.7. The summed E-state index contributed by atoms with van der Waals surface area (Å²) in [6.45, 7) is 2.60. The summed E-state index contributed by atoms with van der Waals surface area (Å²) in [6, 6.07) is 14.7. The van der Waals surface area contributed by atoms with Gasteiger partial charge in [0.05, 0.1) is 46.0 Å². The van der Waals surface area contributed by atoms with Crippen LogP contribution in [-0.4, -0.2) is 63.1 Å². The highest BCUT2D eigenvalue weighted by Gasteiger charge is 2.21.